The summed E-state index contributed by atoms with van der Waals surface area (Å²) in [6.07, 6.45) is 0. The quantitative estimate of drug-likeness (QED) is 0.647. The number of halogens is 1. The van der Waals surface area contributed by atoms with Gasteiger partial charge in [0.25, 0.3) is 0 Å². The van der Waals surface area contributed by atoms with Gasteiger partial charge >= 0.3 is 5.97 Å². The fourth-order valence-corrected chi connectivity index (χ4v) is 3.77. The lowest BCUT2D eigenvalue weighted by Crippen LogP contribution is -2.53. The second-order valence-electron chi connectivity index (χ2n) is 6.11. The van der Waals surface area contributed by atoms with Crippen LogP contribution in [0, 0.1) is 11.8 Å². The molecule has 2 heterocycles. The lowest BCUT2D eigenvalue weighted by molar-refractivity contribution is -0.152. The Morgan fingerprint density at radius 1 is 1.26 bits per heavy atom. The van der Waals surface area contributed by atoms with Gasteiger partial charge in [-0.1, -0.05) is 23.7 Å². The molecule has 2 amide bonds. The van der Waals surface area contributed by atoms with Gasteiger partial charge < -0.3 is 4.74 Å². The first-order chi connectivity index (χ1) is 10.8. The number of imide groups is 1. The third-order valence-corrected chi connectivity index (χ3v) is 5.10. The van der Waals surface area contributed by atoms with E-state index in [0.717, 1.165) is 10.5 Å². The summed E-state index contributed by atoms with van der Waals surface area (Å²) < 4.78 is 4.86. The number of fused-ring (bicyclic) bond motifs is 1. The van der Waals surface area contributed by atoms with Gasteiger partial charge in [0, 0.05) is 18.1 Å². The number of ether oxygens (including phenoxy) is 1. The van der Waals surface area contributed by atoms with Crippen molar-refractivity contribution in [1.29, 1.82) is 0 Å². The molecular formula is C16H17ClN2O4. The maximum atomic E-state index is 12.5. The van der Waals surface area contributed by atoms with E-state index < -0.39 is 29.4 Å². The van der Waals surface area contributed by atoms with E-state index in [9.17, 15) is 14.4 Å². The molecule has 23 heavy (non-hydrogen) atoms. The summed E-state index contributed by atoms with van der Waals surface area (Å²) in [4.78, 5) is 38.4. The summed E-state index contributed by atoms with van der Waals surface area (Å²) in [5, 5.41) is 3.73. The first-order valence-electron chi connectivity index (χ1n) is 7.24. The predicted molar refractivity (Wildman–Crippen MR) is 82.5 cm³/mol. The normalized spacial score (nSPS) is 33.0. The van der Waals surface area contributed by atoms with Crippen molar-refractivity contribution in [3.8, 4) is 0 Å². The van der Waals surface area contributed by atoms with E-state index in [1.54, 1.807) is 31.2 Å². The summed E-state index contributed by atoms with van der Waals surface area (Å²) in [7, 11) is 2.71. The Kier molecular flexibility index (Phi) is 3.69. The van der Waals surface area contributed by atoms with Gasteiger partial charge in [-0.2, -0.15) is 0 Å². The van der Waals surface area contributed by atoms with Crippen molar-refractivity contribution in [3.05, 3.63) is 34.9 Å². The van der Waals surface area contributed by atoms with Crippen LogP contribution in [0.5, 0.6) is 0 Å². The fourth-order valence-electron chi connectivity index (χ4n) is 3.64. The van der Waals surface area contributed by atoms with E-state index in [4.69, 9.17) is 16.3 Å². The average molecular weight is 337 g/mol. The topological polar surface area (TPSA) is 75.7 Å². The van der Waals surface area contributed by atoms with Crippen LogP contribution in [0.15, 0.2) is 24.3 Å². The molecule has 4 atom stereocenters. The SMILES string of the molecule is COC(=O)[C@]1(C)N[C@H](c2ccc(Cl)cc2)[C@H]2C(=O)N(C)C(=O)[C@@H]21. The number of nitrogens with one attached hydrogen (secondary N) is 1. The van der Waals surface area contributed by atoms with Crippen molar-refractivity contribution < 1.29 is 19.1 Å². The van der Waals surface area contributed by atoms with Gasteiger partial charge in [-0.25, -0.2) is 0 Å². The molecule has 0 aliphatic carbocycles. The number of benzene rings is 1. The van der Waals surface area contributed by atoms with Crippen LogP contribution in [0.1, 0.15) is 18.5 Å². The van der Waals surface area contributed by atoms with Gasteiger partial charge in [0.2, 0.25) is 11.8 Å². The van der Waals surface area contributed by atoms with Crippen LogP contribution in [0.4, 0.5) is 0 Å². The molecule has 3 rings (SSSR count). The van der Waals surface area contributed by atoms with Crippen LogP contribution < -0.4 is 5.32 Å². The number of rotatable bonds is 2. The second kappa shape index (κ2) is 5.32. The van der Waals surface area contributed by atoms with Gasteiger partial charge in [-0.15, -0.1) is 0 Å². The highest BCUT2D eigenvalue weighted by atomic mass is 35.5. The zero-order valence-corrected chi connectivity index (χ0v) is 13.8. The molecule has 0 spiro atoms. The van der Waals surface area contributed by atoms with Gasteiger partial charge in [0.05, 0.1) is 18.9 Å². The second-order valence-corrected chi connectivity index (χ2v) is 6.54. The largest absolute Gasteiger partial charge is 0.468 e. The minimum atomic E-state index is -1.25. The van der Waals surface area contributed by atoms with Crippen molar-refractivity contribution in [2.24, 2.45) is 11.8 Å². The van der Waals surface area contributed by atoms with Crippen LogP contribution in [0.2, 0.25) is 5.02 Å². The molecule has 0 aromatic heterocycles. The molecule has 2 aliphatic heterocycles. The van der Waals surface area contributed by atoms with Gasteiger partial charge in [-0.3, -0.25) is 24.6 Å². The molecule has 2 fully saturated rings. The number of likely N-dealkylation sites (tertiary alicyclic amines) is 1. The molecule has 0 unspecified atom stereocenters. The molecule has 7 heteroatoms. The molecule has 1 aromatic rings. The molecular weight excluding hydrogens is 320 g/mol. The van der Waals surface area contributed by atoms with E-state index in [-0.39, 0.29) is 11.8 Å². The monoisotopic (exact) mass is 336 g/mol. The number of carbonyl (C=O) groups excluding carboxylic acids is 3. The minimum Gasteiger partial charge on any atom is -0.468 e. The van der Waals surface area contributed by atoms with Crippen LogP contribution in [0.3, 0.4) is 0 Å². The van der Waals surface area contributed by atoms with Crippen LogP contribution >= 0.6 is 11.6 Å². The molecule has 6 nitrogen and oxygen atoms in total. The summed E-state index contributed by atoms with van der Waals surface area (Å²) in [6.45, 7) is 1.61. The standard InChI is InChI=1S/C16H17ClN2O4/c1-16(15(22)23-3)11-10(13(20)19(2)14(11)21)12(18-16)8-4-6-9(17)7-5-8/h4-7,10-12,18H,1-3H3/t10-,11+,12+,16+/m0/s1. The molecule has 0 bridgehead atoms. The Labute approximate surface area is 138 Å². The van der Waals surface area contributed by atoms with E-state index >= 15 is 0 Å². The third-order valence-electron chi connectivity index (χ3n) is 4.85. The van der Waals surface area contributed by atoms with E-state index in [1.807, 2.05) is 0 Å². The molecule has 2 aliphatic rings. The first kappa shape index (κ1) is 16.0. The maximum Gasteiger partial charge on any atom is 0.326 e. The van der Waals surface area contributed by atoms with Crippen molar-refractivity contribution >= 4 is 29.4 Å². The smallest absolute Gasteiger partial charge is 0.326 e. The predicted octanol–water partition coefficient (Wildman–Crippen LogP) is 1.15. The maximum absolute atomic E-state index is 12.5. The van der Waals surface area contributed by atoms with E-state index in [2.05, 4.69) is 5.32 Å². The lowest BCUT2D eigenvalue weighted by atomic mass is 9.80. The van der Waals surface area contributed by atoms with Crippen LogP contribution in [-0.2, 0) is 19.1 Å². The summed E-state index contributed by atoms with van der Waals surface area (Å²) >= 11 is 5.91. The van der Waals surface area contributed by atoms with Gasteiger partial charge in [0.1, 0.15) is 5.54 Å². The van der Waals surface area contributed by atoms with Crippen LogP contribution in [0.25, 0.3) is 0 Å². The number of methoxy groups -OCH3 is 1. The highest BCUT2D eigenvalue weighted by Crippen LogP contribution is 2.48. The zero-order chi connectivity index (χ0) is 16.9. The third kappa shape index (κ3) is 2.16. The van der Waals surface area contributed by atoms with E-state index in [1.165, 1.54) is 14.2 Å². The Morgan fingerprint density at radius 2 is 1.87 bits per heavy atom. The number of esters is 1. The zero-order valence-electron chi connectivity index (χ0n) is 13.0. The first-order valence-corrected chi connectivity index (χ1v) is 7.62. The Bertz CT molecular complexity index is 690. The molecule has 1 aromatic carbocycles. The summed E-state index contributed by atoms with van der Waals surface area (Å²) in [5.74, 6) is -2.64. The molecule has 0 radical (unpaired) electrons. The number of hydrogen-bond acceptors (Lipinski definition) is 5. The van der Waals surface area contributed by atoms with Crippen molar-refractivity contribution in [1.82, 2.24) is 10.2 Å². The molecule has 1 N–H and O–H groups in total. The molecule has 2 saturated heterocycles. The number of hydrogen-bond donors (Lipinski definition) is 1. The number of carbonyl (C=O) groups is 3. The van der Waals surface area contributed by atoms with E-state index in [0.29, 0.717) is 5.02 Å². The Balaban J connectivity index is 2.09. The fraction of sp³-hybridized carbons (Fsp3) is 0.438. The highest BCUT2D eigenvalue weighted by molar-refractivity contribution is 6.30. The minimum absolute atomic E-state index is 0.292. The lowest BCUT2D eigenvalue weighted by Gasteiger charge is -2.27. The van der Waals surface area contributed by atoms with Crippen LogP contribution in [-0.4, -0.2) is 42.4 Å². The Morgan fingerprint density at radius 3 is 2.43 bits per heavy atom. The van der Waals surface area contributed by atoms with Crippen molar-refractivity contribution in [3.63, 3.8) is 0 Å². The van der Waals surface area contributed by atoms with Crippen molar-refractivity contribution in [2.45, 2.75) is 18.5 Å². The average Bonchev–Trinajstić information content (AvgIpc) is 2.97. The highest BCUT2D eigenvalue weighted by Gasteiger charge is 2.66. The number of nitrogens with zero attached hydrogens (tertiary/aromatic N) is 1. The Hall–Kier alpha value is -1.92. The summed E-state index contributed by atoms with van der Waals surface area (Å²) in [5.41, 5.74) is -0.449. The van der Waals surface area contributed by atoms with Gasteiger partial charge in [-0.05, 0) is 24.6 Å². The number of amides is 2. The van der Waals surface area contributed by atoms with Gasteiger partial charge in [0.15, 0.2) is 0 Å². The molecule has 0 saturated carbocycles. The summed E-state index contributed by atoms with van der Waals surface area (Å²) in [6, 6.07) is 6.55. The molecule has 122 valence electrons. The van der Waals surface area contributed by atoms with Crippen molar-refractivity contribution in [2.75, 3.05) is 14.2 Å².